The number of hydrogen-bond acceptors (Lipinski definition) is 6. The van der Waals surface area contributed by atoms with E-state index in [1.165, 1.54) is 21.8 Å². The van der Waals surface area contributed by atoms with E-state index in [0.717, 1.165) is 40.2 Å². The molecule has 6 nitrogen and oxygen atoms in total. The maximum Gasteiger partial charge on any atom is 0.231 e. The average Bonchev–Trinajstić information content (AvgIpc) is 3.50. The Bertz CT molecular complexity index is 1130. The van der Waals surface area contributed by atoms with Gasteiger partial charge in [-0.3, -0.25) is 10.4 Å². The van der Waals surface area contributed by atoms with E-state index in [1.807, 2.05) is 18.2 Å². The molecule has 0 unspecified atom stereocenters. The highest BCUT2D eigenvalue weighted by atomic mass is 32.2. The molecule has 8 heteroatoms. The first-order chi connectivity index (χ1) is 14.7. The monoisotopic (exact) mass is 438 g/mol. The number of thioether (sulfide) groups is 1. The summed E-state index contributed by atoms with van der Waals surface area (Å²) in [5, 5.41) is 7.59. The van der Waals surface area contributed by atoms with Crippen LogP contribution < -0.4 is 14.9 Å². The molecule has 0 bridgehead atoms. The zero-order valence-corrected chi connectivity index (χ0v) is 18.5. The number of nitrogens with one attached hydrogen (secondary N) is 1. The Morgan fingerprint density at radius 3 is 2.87 bits per heavy atom. The summed E-state index contributed by atoms with van der Waals surface area (Å²) in [5.41, 5.74) is 8.99. The molecule has 0 saturated carbocycles. The number of ether oxygens (including phenoxy) is 2. The van der Waals surface area contributed by atoms with E-state index >= 15 is 0 Å². The van der Waals surface area contributed by atoms with Crippen molar-refractivity contribution in [3.63, 3.8) is 0 Å². The van der Waals surface area contributed by atoms with Crippen LogP contribution in [0.1, 0.15) is 27.4 Å². The van der Waals surface area contributed by atoms with Crippen molar-refractivity contribution >= 4 is 34.0 Å². The van der Waals surface area contributed by atoms with Crippen LogP contribution in [0.5, 0.6) is 11.5 Å². The molecule has 2 aliphatic heterocycles. The quantitative estimate of drug-likeness (QED) is 0.635. The molecule has 2 aromatic heterocycles. The predicted molar refractivity (Wildman–Crippen MR) is 123 cm³/mol. The first-order valence-electron chi connectivity index (χ1n) is 9.75. The Morgan fingerprint density at radius 2 is 2.07 bits per heavy atom. The van der Waals surface area contributed by atoms with Gasteiger partial charge in [0.05, 0.1) is 18.8 Å². The summed E-state index contributed by atoms with van der Waals surface area (Å²) in [6, 6.07) is 12.5. The fourth-order valence-electron chi connectivity index (χ4n) is 3.63. The molecule has 1 aromatic carbocycles. The smallest absolute Gasteiger partial charge is 0.231 e. The number of aryl methyl sites for hydroxylation is 1. The average molecular weight is 439 g/mol. The molecular weight excluding hydrogens is 416 g/mol. The van der Waals surface area contributed by atoms with Crippen molar-refractivity contribution in [3.05, 3.63) is 69.2 Å². The van der Waals surface area contributed by atoms with Crippen LogP contribution in [0.15, 0.2) is 51.9 Å². The van der Waals surface area contributed by atoms with Crippen molar-refractivity contribution in [2.24, 2.45) is 10.1 Å². The maximum atomic E-state index is 5.43. The Morgan fingerprint density at radius 1 is 1.17 bits per heavy atom. The molecule has 5 rings (SSSR count). The molecule has 3 aromatic rings. The molecule has 0 radical (unpaired) electrons. The van der Waals surface area contributed by atoms with Crippen LogP contribution in [0, 0.1) is 13.8 Å². The molecule has 4 heterocycles. The summed E-state index contributed by atoms with van der Waals surface area (Å²) < 4.78 is 13.2. The van der Waals surface area contributed by atoms with Gasteiger partial charge in [0.25, 0.3) is 0 Å². The molecule has 0 spiro atoms. The van der Waals surface area contributed by atoms with E-state index in [2.05, 4.69) is 57.5 Å². The van der Waals surface area contributed by atoms with Crippen LogP contribution in [0.25, 0.3) is 0 Å². The van der Waals surface area contributed by atoms with Gasteiger partial charge in [0.15, 0.2) is 16.7 Å². The molecule has 154 valence electrons. The predicted octanol–water partition coefficient (Wildman–Crippen LogP) is 4.54. The summed E-state index contributed by atoms with van der Waals surface area (Å²) in [6.45, 7) is 6.10. The highest BCUT2D eigenvalue weighted by molar-refractivity contribution is 8.14. The summed E-state index contributed by atoms with van der Waals surface area (Å²) >= 11 is 3.48. The van der Waals surface area contributed by atoms with Gasteiger partial charge in [0.1, 0.15) is 0 Å². The molecule has 0 atom stereocenters. The normalized spacial score (nSPS) is 16.6. The number of aliphatic imine (C=N–C) groups is 1. The summed E-state index contributed by atoms with van der Waals surface area (Å²) in [7, 11) is 0. The second-order valence-electron chi connectivity index (χ2n) is 7.22. The van der Waals surface area contributed by atoms with Crippen LogP contribution in [0.2, 0.25) is 0 Å². The minimum absolute atomic E-state index is 0.288. The lowest BCUT2D eigenvalue weighted by atomic mass is 10.1. The van der Waals surface area contributed by atoms with Crippen LogP contribution in [0.4, 0.5) is 0 Å². The van der Waals surface area contributed by atoms with Crippen molar-refractivity contribution in [2.75, 3.05) is 12.5 Å². The summed E-state index contributed by atoms with van der Waals surface area (Å²) in [4.78, 5) is 6.02. The van der Waals surface area contributed by atoms with E-state index in [-0.39, 0.29) is 6.79 Å². The number of aromatic nitrogens is 1. The zero-order chi connectivity index (χ0) is 20.5. The van der Waals surface area contributed by atoms with E-state index in [0.29, 0.717) is 6.54 Å². The van der Waals surface area contributed by atoms with Crippen molar-refractivity contribution < 1.29 is 9.47 Å². The van der Waals surface area contributed by atoms with E-state index in [1.54, 1.807) is 23.1 Å². The Kier molecular flexibility index (Phi) is 5.26. The zero-order valence-electron chi connectivity index (χ0n) is 16.8. The van der Waals surface area contributed by atoms with Crippen molar-refractivity contribution in [1.29, 1.82) is 0 Å². The minimum Gasteiger partial charge on any atom is -0.454 e. The molecule has 0 fully saturated rings. The third-order valence-corrected chi connectivity index (χ3v) is 7.03. The van der Waals surface area contributed by atoms with Crippen LogP contribution in [-0.4, -0.2) is 28.0 Å². The molecule has 0 aliphatic carbocycles. The number of amidine groups is 1. The Balaban J connectivity index is 1.28. The van der Waals surface area contributed by atoms with Gasteiger partial charge in [-0.2, -0.15) is 5.10 Å². The lowest BCUT2D eigenvalue weighted by Gasteiger charge is -2.15. The highest BCUT2D eigenvalue weighted by Crippen LogP contribution is 2.32. The second-order valence-corrected chi connectivity index (χ2v) is 9.21. The van der Waals surface area contributed by atoms with Gasteiger partial charge < -0.3 is 14.0 Å². The van der Waals surface area contributed by atoms with Crippen LogP contribution in [-0.2, 0) is 13.1 Å². The fourth-order valence-corrected chi connectivity index (χ4v) is 5.09. The van der Waals surface area contributed by atoms with E-state index in [4.69, 9.17) is 9.47 Å². The van der Waals surface area contributed by atoms with Gasteiger partial charge >= 0.3 is 0 Å². The first-order valence-corrected chi connectivity index (χ1v) is 11.6. The van der Waals surface area contributed by atoms with Gasteiger partial charge in [0, 0.05) is 27.6 Å². The Labute approximate surface area is 183 Å². The number of hydrogen-bond donors (Lipinski definition) is 1. The molecule has 2 aliphatic rings. The van der Waals surface area contributed by atoms with Crippen molar-refractivity contribution in [1.82, 2.24) is 9.99 Å². The standard InChI is InChI=1S/C22H22N4O2S2/c1-14-8-18(15(2)26(14)11-17-4-3-7-29-17)19-12-30-22(25-24-19)23-10-16-5-6-20-21(9-16)28-13-27-20/h3-9H,10-13H2,1-2H3,(H,23,25). The Hall–Kier alpha value is -2.71. The summed E-state index contributed by atoms with van der Waals surface area (Å²) in [5.74, 6) is 2.38. The third kappa shape index (κ3) is 3.85. The van der Waals surface area contributed by atoms with Crippen molar-refractivity contribution in [2.45, 2.75) is 26.9 Å². The first kappa shape index (κ1) is 19.3. The van der Waals surface area contributed by atoms with Crippen LogP contribution >= 0.6 is 23.1 Å². The SMILES string of the molecule is Cc1cc(C2=NNC(=NCc3ccc4c(c3)OCO4)SC2)c(C)n1Cc1cccs1. The van der Waals surface area contributed by atoms with Crippen molar-refractivity contribution in [3.8, 4) is 11.5 Å². The second kappa shape index (κ2) is 8.20. The molecule has 0 saturated heterocycles. The third-order valence-electron chi connectivity index (χ3n) is 5.25. The number of thiophene rings is 1. The van der Waals surface area contributed by atoms with Gasteiger partial charge in [-0.05, 0) is 49.1 Å². The number of fused-ring (bicyclic) bond motifs is 1. The fraction of sp³-hybridized carbons (Fsp3) is 0.273. The number of hydrazone groups is 1. The number of rotatable bonds is 5. The number of benzene rings is 1. The van der Waals surface area contributed by atoms with Gasteiger partial charge in [0.2, 0.25) is 6.79 Å². The van der Waals surface area contributed by atoms with Crippen LogP contribution in [0.3, 0.4) is 0 Å². The minimum atomic E-state index is 0.288. The van der Waals surface area contributed by atoms with Gasteiger partial charge in [-0.25, -0.2) is 0 Å². The van der Waals surface area contributed by atoms with Gasteiger partial charge in [-0.15, -0.1) is 11.3 Å². The summed E-state index contributed by atoms with van der Waals surface area (Å²) in [6.07, 6.45) is 0. The topological polar surface area (TPSA) is 60.1 Å². The number of nitrogens with zero attached hydrogens (tertiary/aromatic N) is 3. The molecule has 30 heavy (non-hydrogen) atoms. The highest BCUT2D eigenvalue weighted by Gasteiger charge is 2.19. The molecular formula is C22H22N4O2S2. The largest absolute Gasteiger partial charge is 0.454 e. The lowest BCUT2D eigenvalue weighted by Crippen LogP contribution is -2.25. The molecule has 0 amide bonds. The van der Waals surface area contributed by atoms with Gasteiger partial charge in [-0.1, -0.05) is 23.9 Å². The molecule has 1 N–H and O–H groups in total. The maximum absolute atomic E-state index is 5.43. The lowest BCUT2D eigenvalue weighted by molar-refractivity contribution is 0.174. The van der Waals surface area contributed by atoms with E-state index < -0.39 is 0 Å². The van der Waals surface area contributed by atoms with E-state index in [9.17, 15) is 0 Å².